The second-order valence-electron chi connectivity index (χ2n) is 4.75. The topological polar surface area (TPSA) is 101 Å². The monoisotopic (exact) mass is 277 g/mol. The molecule has 1 fully saturated rings. The van der Waals surface area contributed by atoms with Crippen LogP contribution >= 0.6 is 0 Å². The van der Waals surface area contributed by atoms with Crippen molar-refractivity contribution in [2.24, 2.45) is 0 Å². The van der Waals surface area contributed by atoms with E-state index >= 15 is 0 Å². The molecule has 1 atom stereocenters. The molecule has 0 aliphatic heterocycles. The van der Waals surface area contributed by atoms with Crippen LogP contribution in [-0.2, 0) is 19.4 Å². The maximum atomic E-state index is 12.1. The van der Waals surface area contributed by atoms with Crippen LogP contribution < -0.4 is 5.32 Å². The first-order chi connectivity index (χ1) is 8.24. The number of carboxylic acids is 1. The van der Waals surface area contributed by atoms with Gasteiger partial charge in [0.15, 0.2) is 9.84 Å². The number of sulfone groups is 1. The summed E-state index contributed by atoms with van der Waals surface area (Å²) in [5.41, 5.74) is 0. The lowest BCUT2D eigenvalue weighted by Gasteiger charge is -2.27. The molecule has 18 heavy (non-hydrogen) atoms. The molecule has 0 aromatic heterocycles. The third kappa shape index (κ3) is 2.66. The van der Waals surface area contributed by atoms with Crippen molar-refractivity contribution >= 4 is 21.7 Å². The molecule has 0 saturated heterocycles. The van der Waals surface area contributed by atoms with Gasteiger partial charge in [-0.15, -0.1) is 0 Å². The summed E-state index contributed by atoms with van der Waals surface area (Å²) in [4.78, 5) is 23.0. The Bertz CT molecular complexity index is 436. The van der Waals surface area contributed by atoms with Crippen molar-refractivity contribution in [3.63, 3.8) is 0 Å². The van der Waals surface area contributed by atoms with Gasteiger partial charge in [0.2, 0.25) is 5.91 Å². The smallest absolute Gasteiger partial charge is 0.326 e. The predicted molar refractivity (Wildman–Crippen MR) is 65.9 cm³/mol. The fraction of sp³-hybridized carbons (Fsp3) is 0.818. The third-order valence-corrected chi connectivity index (χ3v) is 5.56. The maximum Gasteiger partial charge on any atom is 0.326 e. The summed E-state index contributed by atoms with van der Waals surface area (Å²) >= 11 is 0. The number of carboxylic acid groups (broad SMARTS) is 1. The van der Waals surface area contributed by atoms with Crippen molar-refractivity contribution in [2.45, 2.75) is 49.8 Å². The first-order valence-electron chi connectivity index (χ1n) is 5.98. The van der Waals surface area contributed by atoms with E-state index in [1.807, 2.05) is 0 Å². The summed E-state index contributed by atoms with van der Waals surface area (Å²) in [7, 11) is -3.55. The van der Waals surface area contributed by atoms with E-state index in [2.05, 4.69) is 5.32 Å². The predicted octanol–water partition coefficient (Wildman–Crippen LogP) is 0.323. The van der Waals surface area contributed by atoms with Gasteiger partial charge >= 0.3 is 5.97 Å². The SMILES string of the molecule is CCC(NC(=O)C1(S(C)(=O)=O)CCCC1)C(=O)O. The van der Waals surface area contributed by atoms with Crippen LogP contribution in [0, 0.1) is 0 Å². The largest absolute Gasteiger partial charge is 0.480 e. The Morgan fingerprint density at radius 3 is 2.17 bits per heavy atom. The van der Waals surface area contributed by atoms with Gasteiger partial charge in [-0.2, -0.15) is 0 Å². The van der Waals surface area contributed by atoms with Crippen molar-refractivity contribution in [1.29, 1.82) is 0 Å². The van der Waals surface area contributed by atoms with E-state index in [1.165, 1.54) is 0 Å². The molecular formula is C11H19NO5S. The normalized spacial score (nSPS) is 20.3. The maximum absolute atomic E-state index is 12.1. The fourth-order valence-corrected chi connectivity index (χ4v) is 3.77. The van der Waals surface area contributed by atoms with Crippen molar-refractivity contribution in [3.8, 4) is 0 Å². The summed E-state index contributed by atoms with van der Waals surface area (Å²) in [6.45, 7) is 1.63. The molecule has 0 aromatic rings. The van der Waals surface area contributed by atoms with Gasteiger partial charge in [0.05, 0.1) is 0 Å². The number of rotatable bonds is 5. The lowest BCUT2D eigenvalue weighted by Crippen LogP contribution is -2.54. The Balaban J connectivity index is 2.96. The quantitative estimate of drug-likeness (QED) is 0.754. The van der Waals surface area contributed by atoms with Crippen LogP contribution in [0.5, 0.6) is 0 Å². The lowest BCUT2D eigenvalue weighted by atomic mass is 10.1. The highest BCUT2D eigenvalue weighted by molar-refractivity contribution is 7.92. The van der Waals surface area contributed by atoms with Crippen LogP contribution in [0.15, 0.2) is 0 Å². The molecule has 0 spiro atoms. The van der Waals surface area contributed by atoms with Crippen LogP contribution in [0.4, 0.5) is 0 Å². The van der Waals surface area contributed by atoms with E-state index in [0.717, 1.165) is 6.26 Å². The zero-order valence-corrected chi connectivity index (χ0v) is 11.4. The minimum Gasteiger partial charge on any atom is -0.480 e. The molecular weight excluding hydrogens is 258 g/mol. The average molecular weight is 277 g/mol. The molecule has 7 heteroatoms. The highest BCUT2D eigenvalue weighted by Crippen LogP contribution is 2.36. The molecule has 104 valence electrons. The Kier molecular flexibility index (Phi) is 4.37. The Morgan fingerprint density at radius 2 is 1.83 bits per heavy atom. The van der Waals surface area contributed by atoms with E-state index in [4.69, 9.17) is 5.11 Å². The Morgan fingerprint density at radius 1 is 1.33 bits per heavy atom. The standard InChI is InChI=1S/C11H19NO5S/c1-3-8(9(13)14)12-10(15)11(18(2,16)17)6-4-5-7-11/h8H,3-7H2,1-2H3,(H,12,15)(H,13,14). The summed E-state index contributed by atoms with van der Waals surface area (Å²) in [5, 5.41) is 11.2. The molecule has 2 N–H and O–H groups in total. The van der Waals surface area contributed by atoms with Crippen LogP contribution in [0.25, 0.3) is 0 Å². The summed E-state index contributed by atoms with van der Waals surface area (Å²) < 4.78 is 22.2. The highest BCUT2D eigenvalue weighted by Gasteiger charge is 2.50. The molecule has 1 aliphatic carbocycles. The first kappa shape index (κ1) is 14.9. The summed E-state index contributed by atoms with van der Waals surface area (Å²) in [6.07, 6.45) is 3.15. The molecule has 1 unspecified atom stereocenters. The van der Waals surface area contributed by atoms with Gasteiger partial charge in [0, 0.05) is 6.26 Å². The van der Waals surface area contributed by atoms with E-state index in [1.54, 1.807) is 6.92 Å². The number of carbonyl (C=O) groups excluding carboxylic acids is 1. The number of amides is 1. The molecule has 1 amide bonds. The highest BCUT2D eigenvalue weighted by atomic mass is 32.2. The molecule has 0 aromatic carbocycles. The van der Waals surface area contributed by atoms with Crippen molar-refractivity contribution < 1.29 is 23.1 Å². The molecule has 0 bridgehead atoms. The van der Waals surface area contributed by atoms with Gasteiger partial charge in [0.25, 0.3) is 0 Å². The Hall–Kier alpha value is -1.11. The zero-order chi connectivity index (χ0) is 14.0. The molecule has 1 saturated carbocycles. The van der Waals surface area contributed by atoms with Gasteiger partial charge < -0.3 is 10.4 Å². The van der Waals surface area contributed by atoms with E-state index in [-0.39, 0.29) is 19.3 Å². The first-order valence-corrected chi connectivity index (χ1v) is 7.87. The lowest BCUT2D eigenvalue weighted by molar-refractivity contribution is -0.142. The number of hydrogen-bond acceptors (Lipinski definition) is 4. The second kappa shape index (κ2) is 5.26. The molecule has 1 aliphatic rings. The number of nitrogens with one attached hydrogen (secondary N) is 1. The van der Waals surface area contributed by atoms with Crippen LogP contribution in [0.2, 0.25) is 0 Å². The summed E-state index contributed by atoms with van der Waals surface area (Å²) in [6, 6.07) is -1.03. The zero-order valence-electron chi connectivity index (χ0n) is 10.6. The van der Waals surface area contributed by atoms with Crippen molar-refractivity contribution in [3.05, 3.63) is 0 Å². The number of carbonyl (C=O) groups is 2. The molecule has 0 radical (unpaired) electrons. The Labute approximate surface area is 107 Å². The number of aliphatic carboxylic acids is 1. The van der Waals surface area contributed by atoms with Crippen LogP contribution in [-0.4, -0.2) is 42.4 Å². The molecule has 6 nitrogen and oxygen atoms in total. The van der Waals surface area contributed by atoms with E-state index in [0.29, 0.717) is 12.8 Å². The fourth-order valence-electron chi connectivity index (χ4n) is 2.34. The van der Waals surface area contributed by atoms with Gasteiger partial charge in [-0.25, -0.2) is 13.2 Å². The minimum absolute atomic E-state index is 0.223. The second-order valence-corrected chi connectivity index (χ2v) is 7.07. The van der Waals surface area contributed by atoms with Gasteiger partial charge in [-0.05, 0) is 19.3 Å². The van der Waals surface area contributed by atoms with Crippen molar-refractivity contribution in [1.82, 2.24) is 5.32 Å². The van der Waals surface area contributed by atoms with Crippen molar-refractivity contribution in [2.75, 3.05) is 6.26 Å². The minimum atomic E-state index is -3.55. The van der Waals surface area contributed by atoms with Gasteiger partial charge in [0.1, 0.15) is 10.8 Å². The number of hydrogen-bond donors (Lipinski definition) is 2. The van der Waals surface area contributed by atoms with E-state index in [9.17, 15) is 18.0 Å². The van der Waals surface area contributed by atoms with Crippen LogP contribution in [0.3, 0.4) is 0 Å². The van der Waals surface area contributed by atoms with Gasteiger partial charge in [-0.1, -0.05) is 19.8 Å². The average Bonchev–Trinajstić information content (AvgIpc) is 2.74. The van der Waals surface area contributed by atoms with Crippen LogP contribution in [0.1, 0.15) is 39.0 Å². The molecule has 0 heterocycles. The van der Waals surface area contributed by atoms with E-state index < -0.39 is 32.5 Å². The third-order valence-electron chi connectivity index (χ3n) is 3.55. The summed E-state index contributed by atoms with van der Waals surface area (Å²) in [5.74, 6) is -1.82. The molecule has 1 rings (SSSR count). The van der Waals surface area contributed by atoms with Gasteiger partial charge in [-0.3, -0.25) is 4.79 Å².